The van der Waals surface area contributed by atoms with Crippen molar-refractivity contribution >= 4 is 37.6 Å². The number of aromatic amines is 1. The summed E-state index contributed by atoms with van der Waals surface area (Å²) in [5.74, 6) is 0.959. The fourth-order valence-corrected chi connectivity index (χ4v) is 4.61. The van der Waals surface area contributed by atoms with Gasteiger partial charge in [0.15, 0.2) is 5.78 Å². The van der Waals surface area contributed by atoms with E-state index in [9.17, 15) is 4.79 Å². The van der Waals surface area contributed by atoms with E-state index in [1.807, 2.05) is 19.9 Å². The minimum atomic E-state index is -0.611. The quantitative estimate of drug-likeness (QED) is 0.245. The first-order valence-corrected chi connectivity index (χ1v) is 13.4. The van der Waals surface area contributed by atoms with Gasteiger partial charge in [-0.05, 0) is 122 Å². The third-order valence-corrected chi connectivity index (χ3v) is 7.52. The average Bonchev–Trinajstić information content (AvgIpc) is 3.20. The number of benzene rings is 1. The third-order valence-electron chi connectivity index (χ3n) is 6.44. The summed E-state index contributed by atoms with van der Waals surface area (Å²) in [7, 11) is 4.21. The number of halogens is 2. The van der Waals surface area contributed by atoms with Gasteiger partial charge in [0, 0.05) is 17.2 Å². The zero-order valence-electron chi connectivity index (χ0n) is 20.9. The Morgan fingerprint density at radius 3 is 2.42 bits per heavy atom. The molecule has 0 aliphatic heterocycles. The second kappa shape index (κ2) is 12.5. The van der Waals surface area contributed by atoms with Gasteiger partial charge in [0.2, 0.25) is 0 Å². The maximum absolute atomic E-state index is 13.0. The Hall–Kier alpha value is -1.15. The predicted molar refractivity (Wildman–Crippen MR) is 144 cm³/mol. The number of carbonyl (C=O) groups is 1. The molecule has 33 heavy (non-hydrogen) atoms. The minimum Gasteiger partial charge on any atom is -0.486 e. The van der Waals surface area contributed by atoms with Crippen LogP contribution in [-0.2, 0) is 6.42 Å². The van der Waals surface area contributed by atoms with Crippen LogP contribution in [0.1, 0.15) is 69.4 Å². The number of ether oxygens (including phenoxy) is 1. The van der Waals surface area contributed by atoms with E-state index in [4.69, 9.17) is 4.74 Å². The van der Waals surface area contributed by atoms with Crippen LogP contribution in [0.25, 0.3) is 0 Å². The largest absolute Gasteiger partial charge is 0.486 e. The summed E-state index contributed by atoms with van der Waals surface area (Å²) >= 11 is 7.11. The Bertz CT molecular complexity index is 915. The molecule has 2 N–H and O–H groups in total. The van der Waals surface area contributed by atoms with E-state index >= 15 is 0 Å². The molecule has 0 spiro atoms. The highest BCUT2D eigenvalue weighted by molar-refractivity contribution is 9.10. The maximum atomic E-state index is 13.0. The number of nitrogens with zero attached hydrogens (tertiary/aromatic N) is 1. The summed E-state index contributed by atoms with van der Waals surface area (Å²) in [5, 5.41) is 3.48. The number of H-pyrrole nitrogens is 1. The summed E-state index contributed by atoms with van der Waals surface area (Å²) < 4.78 is 8.30. The van der Waals surface area contributed by atoms with Crippen molar-refractivity contribution in [2.75, 3.05) is 27.2 Å². The smallest absolute Gasteiger partial charge is 0.198 e. The Morgan fingerprint density at radius 2 is 1.88 bits per heavy atom. The number of nitrogens with one attached hydrogen (secondary N) is 2. The third kappa shape index (κ3) is 8.23. The highest BCUT2D eigenvalue weighted by Crippen LogP contribution is 2.32. The van der Waals surface area contributed by atoms with Gasteiger partial charge in [-0.3, -0.25) is 4.79 Å². The summed E-state index contributed by atoms with van der Waals surface area (Å²) in [6.45, 7) is 10.2. The number of ketones is 1. The Balaban J connectivity index is 1.97. The molecule has 0 aliphatic rings. The molecular weight excluding hydrogens is 546 g/mol. The van der Waals surface area contributed by atoms with E-state index in [0.717, 1.165) is 46.9 Å². The van der Waals surface area contributed by atoms with Gasteiger partial charge in [0.25, 0.3) is 0 Å². The Labute approximate surface area is 216 Å². The zero-order chi connectivity index (χ0) is 24.6. The Morgan fingerprint density at radius 1 is 1.15 bits per heavy atom. The van der Waals surface area contributed by atoms with Gasteiger partial charge in [-0.2, -0.15) is 0 Å². The van der Waals surface area contributed by atoms with Crippen molar-refractivity contribution in [3.63, 3.8) is 0 Å². The second-order valence-corrected chi connectivity index (χ2v) is 11.3. The van der Waals surface area contributed by atoms with Crippen LogP contribution in [-0.4, -0.2) is 54.0 Å². The lowest BCUT2D eigenvalue weighted by Crippen LogP contribution is -2.49. The molecule has 7 heteroatoms. The van der Waals surface area contributed by atoms with E-state index in [-0.39, 0.29) is 11.4 Å². The molecule has 0 fully saturated rings. The van der Waals surface area contributed by atoms with Crippen LogP contribution < -0.4 is 10.1 Å². The predicted octanol–water partition coefficient (Wildman–Crippen LogP) is 6.61. The number of rotatable bonds is 14. The van der Waals surface area contributed by atoms with E-state index in [2.05, 4.69) is 93.2 Å². The van der Waals surface area contributed by atoms with E-state index in [0.29, 0.717) is 18.7 Å². The lowest BCUT2D eigenvalue weighted by Gasteiger charge is -2.31. The van der Waals surface area contributed by atoms with Crippen LogP contribution in [0.4, 0.5) is 0 Å². The molecule has 5 nitrogen and oxygen atoms in total. The van der Waals surface area contributed by atoms with Crippen molar-refractivity contribution in [3.05, 3.63) is 50.7 Å². The second-order valence-electron chi connectivity index (χ2n) is 9.50. The highest BCUT2D eigenvalue weighted by atomic mass is 79.9. The van der Waals surface area contributed by atoms with Crippen molar-refractivity contribution in [1.82, 2.24) is 15.2 Å². The molecule has 1 heterocycles. The fraction of sp³-hybridized carbons (Fsp3) is 0.577. The fourth-order valence-electron chi connectivity index (χ4n) is 3.76. The Kier molecular flexibility index (Phi) is 10.7. The van der Waals surface area contributed by atoms with Gasteiger partial charge in [0.05, 0.1) is 15.7 Å². The van der Waals surface area contributed by atoms with Crippen LogP contribution in [0, 0.1) is 0 Å². The topological polar surface area (TPSA) is 57.4 Å². The van der Waals surface area contributed by atoms with Crippen LogP contribution in [0.2, 0.25) is 0 Å². The van der Waals surface area contributed by atoms with E-state index in [1.165, 1.54) is 5.56 Å². The number of carbonyl (C=O) groups excluding carboxylic acids is 1. The molecule has 184 valence electrons. The number of hydrogen-bond donors (Lipinski definition) is 2. The molecule has 0 unspecified atom stereocenters. The summed E-state index contributed by atoms with van der Waals surface area (Å²) in [5.41, 5.74) is 1.02. The average molecular weight is 585 g/mol. The lowest BCUT2D eigenvalue weighted by atomic mass is 9.91. The van der Waals surface area contributed by atoms with Crippen LogP contribution in [0.5, 0.6) is 5.75 Å². The summed E-state index contributed by atoms with van der Waals surface area (Å²) in [6, 6.07) is 8.13. The number of aromatic nitrogens is 1. The molecule has 0 amide bonds. The monoisotopic (exact) mass is 583 g/mol. The van der Waals surface area contributed by atoms with Crippen molar-refractivity contribution in [2.45, 2.75) is 70.9 Å². The van der Waals surface area contributed by atoms with Crippen LogP contribution in [0.15, 0.2) is 39.4 Å². The van der Waals surface area contributed by atoms with Gasteiger partial charge >= 0.3 is 0 Å². The number of Topliss-reactive ketones (excluding diaryl/α,β-unsaturated/α-hetero) is 1. The molecule has 1 aromatic heterocycles. The molecule has 0 saturated heterocycles. The highest BCUT2D eigenvalue weighted by Gasteiger charge is 2.32. The first kappa shape index (κ1) is 28.1. The lowest BCUT2D eigenvalue weighted by molar-refractivity contribution is 0.0696. The van der Waals surface area contributed by atoms with Gasteiger partial charge < -0.3 is 19.9 Å². The van der Waals surface area contributed by atoms with Gasteiger partial charge in [-0.15, -0.1) is 0 Å². The molecular formula is C26H39Br2N3O2. The SMILES string of the molecule is CC[C@](C)(CCCN(C)C)Oc1ccc(CCN[C@](C)(CC)C(=O)c2cc(Br)c[nH]2)cc1Br. The minimum absolute atomic E-state index is 0.0775. The molecule has 2 atom stereocenters. The van der Waals surface area contributed by atoms with Gasteiger partial charge in [0.1, 0.15) is 11.4 Å². The van der Waals surface area contributed by atoms with Crippen molar-refractivity contribution in [1.29, 1.82) is 0 Å². The molecule has 0 saturated carbocycles. The van der Waals surface area contributed by atoms with E-state index < -0.39 is 5.54 Å². The van der Waals surface area contributed by atoms with Crippen LogP contribution in [0.3, 0.4) is 0 Å². The van der Waals surface area contributed by atoms with E-state index in [1.54, 1.807) is 6.20 Å². The van der Waals surface area contributed by atoms with Crippen molar-refractivity contribution in [3.8, 4) is 5.75 Å². The van der Waals surface area contributed by atoms with Crippen molar-refractivity contribution < 1.29 is 9.53 Å². The summed E-state index contributed by atoms with van der Waals surface area (Å²) in [4.78, 5) is 18.2. The normalized spacial score (nSPS) is 15.3. The maximum Gasteiger partial charge on any atom is 0.198 e. The zero-order valence-corrected chi connectivity index (χ0v) is 24.0. The molecule has 0 aliphatic carbocycles. The molecule has 2 aromatic rings. The first-order valence-electron chi connectivity index (χ1n) is 11.8. The summed E-state index contributed by atoms with van der Waals surface area (Å²) in [6.07, 6.45) is 6.40. The van der Waals surface area contributed by atoms with Crippen molar-refractivity contribution in [2.24, 2.45) is 0 Å². The number of hydrogen-bond acceptors (Lipinski definition) is 4. The molecule has 2 rings (SSSR count). The molecule has 1 aromatic carbocycles. The van der Waals surface area contributed by atoms with Gasteiger partial charge in [-0.1, -0.05) is 19.9 Å². The first-order chi connectivity index (χ1) is 15.5. The standard InChI is InChI=1S/C26H39Br2N3O2/c1-7-25(3,13-9-15-31(5)6)33-23-11-10-19(16-21(23)28)12-14-30-26(4,8-2)24(32)22-17-20(27)18-29-22/h10-11,16-18,29-30H,7-9,12-15H2,1-6H3/t25-,26-/m1/s1. The van der Waals surface area contributed by atoms with Gasteiger partial charge in [-0.25, -0.2) is 0 Å². The molecule has 0 radical (unpaired) electrons. The van der Waals surface area contributed by atoms with Crippen LogP contribution >= 0.6 is 31.9 Å². The molecule has 0 bridgehead atoms.